The van der Waals surface area contributed by atoms with Crippen molar-refractivity contribution in [1.82, 2.24) is 4.90 Å². The van der Waals surface area contributed by atoms with Gasteiger partial charge >= 0.3 is 5.97 Å². The molecular weight excluding hydrogens is 715 g/mol. The van der Waals surface area contributed by atoms with Gasteiger partial charge in [-0.05, 0) is 77.7 Å². The fraction of sp³-hybridized carbons (Fsp3) is 0.279. The molecular formula is C43H45N5O6S. The fourth-order valence-corrected chi connectivity index (χ4v) is 9.00. The summed E-state index contributed by atoms with van der Waals surface area (Å²) >= 11 is 0. The lowest BCUT2D eigenvalue weighted by atomic mass is 9.97. The molecule has 5 aromatic carbocycles. The lowest BCUT2D eigenvalue weighted by Crippen LogP contribution is -2.43. The molecule has 1 saturated heterocycles. The summed E-state index contributed by atoms with van der Waals surface area (Å²) in [5.41, 5.74) is 10.4. The van der Waals surface area contributed by atoms with Crippen LogP contribution in [-0.4, -0.2) is 77.0 Å². The second-order valence-electron chi connectivity index (χ2n) is 13.8. The molecule has 11 nitrogen and oxygen atoms in total. The normalized spacial score (nSPS) is 14.7. The quantitative estimate of drug-likeness (QED) is 0.0855. The molecule has 284 valence electrons. The van der Waals surface area contributed by atoms with Crippen LogP contribution >= 0.6 is 0 Å². The highest BCUT2D eigenvalue weighted by Crippen LogP contribution is 2.35. The highest BCUT2D eigenvalue weighted by atomic mass is 32.2. The molecule has 1 amide bonds. The van der Waals surface area contributed by atoms with Crippen LogP contribution in [0.25, 0.3) is 10.8 Å². The number of benzene rings is 5. The van der Waals surface area contributed by atoms with Gasteiger partial charge in [0.2, 0.25) is 5.91 Å². The number of amides is 1. The van der Waals surface area contributed by atoms with Crippen molar-refractivity contribution in [2.75, 3.05) is 55.1 Å². The summed E-state index contributed by atoms with van der Waals surface area (Å²) in [7, 11) is -3.97. The predicted molar refractivity (Wildman–Crippen MR) is 214 cm³/mol. The molecule has 5 aromatic rings. The van der Waals surface area contributed by atoms with Crippen LogP contribution in [0.2, 0.25) is 0 Å². The van der Waals surface area contributed by atoms with E-state index in [0.29, 0.717) is 61.3 Å². The lowest BCUT2D eigenvalue weighted by Gasteiger charge is -2.33. The van der Waals surface area contributed by atoms with Gasteiger partial charge in [-0.2, -0.15) is 0 Å². The number of rotatable bonds is 13. The molecule has 3 N–H and O–H groups in total. The maximum absolute atomic E-state index is 14.6. The Kier molecular flexibility index (Phi) is 11.6. The maximum atomic E-state index is 14.6. The van der Waals surface area contributed by atoms with Crippen molar-refractivity contribution in [3.63, 3.8) is 0 Å². The number of carbonyl (C=O) groups excluding carboxylic acids is 2. The number of ether oxygens (including phenoxy) is 2. The smallest absolute Gasteiger partial charge is 0.338 e. The van der Waals surface area contributed by atoms with Gasteiger partial charge < -0.3 is 20.1 Å². The second kappa shape index (κ2) is 16.8. The molecule has 2 heterocycles. The number of morpholine rings is 1. The Balaban J connectivity index is 1.09. The van der Waals surface area contributed by atoms with E-state index in [0.717, 1.165) is 41.7 Å². The monoisotopic (exact) mass is 759 g/mol. The predicted octanol–water partition coefficient (Wildman–Crippen LogP) is 5.92. The van der Waals surface area contributed by atoms with E-state index in [-0.39, 0.29) is 41.8 Å². The Hall–Kier alpha value is -5.56. The van der Waals surface area contributed by atoms with E-state index < -0.39 is 16.0 Å². The number of amidine groups is 1. The first-order chi connectivity index (χ1) is 26.7. The van der Waals surface area contributed by atoms with Crippen LogP contribution in [0, 0.1) is 5.41 Å². The Labute approximate surface area is 321 Å². The average molecular weight is 760 g/mol. The zero-order chi connectivity index (χ0) is 38.4. The van der Waals surface area contributed by atoms with Crippen LogP contribution in [-0.2, 0) is 43.7 Å². The topological polar surface area (TPSA) is 146 Å². The molecule has 0 spiro atoms. The van der Waals surface area contributed by atoms with Crippen molar-refractivity contribution in [2.45, 2.75) is 37.2 Å². The number of esters is 1. The number of nitrogens with two attached hydrogens (primary N) is 1. The third-order valence-electron chi connectivity index (χ3n) is 10.3. The van der Waals surface area contributed by atoms with Crippen molar-refractivity contribution in [1.29, 1.82) is 5.41 Å². The minimum Gasteiger partial charge on any atom is -0.457 e. The van der Waals surface area contributed by atoms with Crippen molar-refractivity contribution < 1.29 is 27.5 Å². The van der Waals surface area contributed by atoms with E-state index in [1.807, 2.05) is 72.8 Å². The SMILES string of the molecule is N=C(N)c1cc(C(=O)OCc2ccccc2)ccc1CCC(=O)N1CCCc2cc(N(CCN3CCOCC3)S(=O)(=O)c3cccc4ccccc34)ccc21. The van der Waals surface area contributed by atoms with Crippen LogP contribution in [0.4, 0.5) is 11.4 Å². The Morgan fingerprint density at radius 3 is 2.44 bits per heavy atom. The number of nitrogen functional groups attached to an aromatic ring is 1. The number of nitrogens with zero attached hydrogens (tertiary/aromatic N) is 3. The molecule has 0 radical (unpaired) electrons. The molecule has 0 bridgehead atoms. The summed E-state index contributed by atoms with van der Waals surface area (Å²) in [6.07, 6.45) is 1.90. The summed E-state index contributed by atoms with van der Waals surface area (Å²) in [6, 6.07) is 32.7. The molecule has 0 unspecified atom stereocenters. The molecule has 7 rings (SSSR count). The van der Waals surface area contributed by atoms with Gasteiger partial charge in [0.1, 0.15) is 12.4 Å². The molecule has 0 saturated carbocycles. The Morgan fingerprint density at radius 2 is 1.64 bits per heavy atom. The molecule has 2 aliphatic rings. The summed E-state index contributed by atoms with van der Waals surface area (Å²) in [5, 5.41) is 9.70. The standard InChI is InChI=1S/C43H45N5O6S/c44-42(45)38-29-35(43(50)54-30-31-8-2-1-3-9-31)16-15-33(38)17-20-41(49)47-21-7-12-34-28-36(18-19-39(34)47)48(23-22-46-24-26-53-27-25-46)55(51,52)40-14-6-11-32-10-4-5-13-37(32)40/h1-6,8-11,13-16,18-19,28-29H,7,12,17,20-27,30H2,(H3,44,45). The number of nitrogens with one attached hydrogen (secondary N) is 1. The number of anilines is 2. The largest absolute Gasteiger partial charge is 0.457 e. The first-order valence-corrected chi connectivity index (χ1v) is 20.1. The summed E-state index contributed by atoms with van der Waals surface area (Å²) < 4.78 is 41.6. The van der Waals surface area contributed by atoms with Crippen LogP contribution < -0.4 is 14.9 Å². The fourth-order valence-electron chi connectivity index (χ4n) is 7.34. The van der Waals surface area contributed by atoms with E-state index in [2.05, 4.69) is 4.90 Å². The number of hydrogen-bond donors (Lipinski definition) is 2. The Bertz CT molecular complexity index is 2300. The number of fused-ring (bicyclic) bond motifs is 2. The van der Waals surface area contributed by atoms with Gasteiger partial charge in [-0.15, -0.1) is 0 Å². The van der Waals surface area contributed by atoms with E-state index in [4.69, 9.17) is 20.6 Å². The Morgan fingerprint density at radius 1 is 0.873 bits per heavy atom. The van der Waals surface area contributed by atoms with Crippen molar-refractivity contribution >= 4 is 49.9 Å². The summed E-state index contributed by atoms with van der Waals surface area (Å²) in [6.45, 7) is 4.17. The average Bonchev–Trinajstić information content (AvgIpc) is 3.22. The molecule has 0 atom stereocenters. The van der Waals surface area contributed by atoms with E-state index in [1.54, 1.807) is 41.3 Å². The molecule has 0 aliphatic carbocycles. The first kappa shape index (κ1) is 37.7. The van der Waals surface area contributed by atoms with Crippen molar-refractivity contribution in [3.05, 3.63) is 137 Å². The van der Waals surface area contributed by atoms with Gasteiger partial charge in [-0.3, -0.25) is 19.4 Å². The minimum absolute atomic E-state index is 0.0953. The van der Waals surface area contributed by atoms with E-state index in [9.17, 15) is 18.0 Å². The lowest BCUT2D eigenvalue weighted by molar-refractivity contribution is -0.118. The zero-order valence-electron chi connectivity index (χ0n) is 30.7. The number of hydrogen-bond acceptors (Lipinski definition) is 8. The van der Waals surface area contributed by atoms with Crippen LogP contribution in [0.3, 0.4) is 0 Å². The molecule has 0 aromatic heterocycles. The molecule has 1 fully saturated rings. The van der Waals surface area contributed by atoms with Gasteiger partial charge in [0.25, 0.3) is 10.0 Å². The minimum atomic E-state index is -3.97. The third-order valence-corrected chi connectivity index (χ3v) is 12.2. The molecule has 12 heteroatoms. The van der Waals surface area contributed by atoms with E-state index in [1.165, 1.54) is 4.31 Å². The summed E-state index contributed by atoms with van der Waals surface area (Å²) in [4.78, 5) is 30.9. The van der Waals surface area contributed by atoms with Crippen molar-refractivity contribution in [3.8, 4) is 0 Å². The van der Waals surface area contributed by atoms with Gasteiger partial charge in [0.15, 0.2) is 0 Å². The second-order valence-corrected chi connectivity index (χ2v) is 15.6. The van der Waals surface area contributed by atoms with Crippen LogP contribution in [0.5, 0.6) is 0 Å². The molecule has 55 heavy (non-hydrogen) atoms. The van der Waals surface area contributed by atoms with Crippen molar-refractivity contribution in [2.24, 2.45) is 5.73 Å². The summed E-state index contributed by atoms with van der Waals surface area (Å²) in [5.74, 6) is -0.822. The third kappa shape index (κ3) is 8.57. The molecule has 2 aliphatic heterocycles. The van der Waals surface area contributed by atoms with Crippen LogP contribution in [0.15, 0.2) is 114 Å². The zero-order valence-corrected chi connectivity index (χ0v) is 31.5. The van der Waals surface area contributed by atoms with Gasteiger partial charge in [-0.25, -0.2) is 13.2 Å². The highest BCUT2D eigenvalue weighted by Gasteiger charge is 2.30. The highest BCUT2D eigenvalue weighted by molar-refractivity contribution is 7.93. The first-order valence-electron chi connectivity index (χ1n) is 18.6. The van der Waals surface area contributed by atoms with E-state index >= 15 is 0 Å². The van der Waals surface area contributed by atoms with Gasteiger partial charge in [0, 0.05) is 55.8 Å². The number of carbonyl (C=O) groups is 2. The van der Waals surface area contributed by atoms with Crippen LogP contribution in [0.1, 0.15) is 45.5 Å². The van der Waals surface area contributed by atoms with Gasteiger partial charge in [0.05, 0.1) is 29.4 Å². The number of sulfonamides is 1. The van der Waals surface area contributed by atoms with Gasteiger partial charge in [-0.1, -0.05) is 72.8 Å². The maximum Gasteiger partial charge on any atom is 0.338 e. The number of aryl methyl sites for hydroxylation is 2.